The van der Waals surface area contributed by atoms with E-state index in [1.165, 1.54) is 0 Å². The first-order valence-corrected chi connectivity index (χ1v) is 26.1. The van der Waals surface area contributed by atoms with Crippen LogP contribution in [-0.2, 0) is 0 Å². The van der Waals surface area contributed by atoms with E-state index in [0.29, 0.717) is 28.2 Å². The van der Waals surface area contributed by atoms with Gasteiger partial charge in [0.15, 0.2) is 17.1 Å². The minimum Gasteiger partial charge on any atom is -0.309 e. The number of aromatic nitrogens is 2. The first-order valence-electron chi connectivity index (χ1n) is 26.1. The van der Waals surface area contributed by atoms with Crippen molar-refractivity contribution in [3.8, 4) is 90.3 Å². The van der Waals surface area contributed by atoms with Gasteiger partial charge < -0.3 is 9.13 Å². The average Bonchev–Trinajstić information content (AvgIpc) is 4.13. The van der Waals surface area contributed by atoms with E-state index in [1.54, 1.807) is 0 Å². The molecule has 0 radical (unpaired) electrons. The Morgan fingerprint density at radius 3 is 1.00 bits per heavy atom. The summed E-state index contributed by atoms with van der Waals surface area (Å²) in [5.74, 6) is 0. The predicted molar refractivity (Wildman–Crippen MR) is 325 cm³/mol. The Hall–Kier alpha value is -11.5. The van der Waals surface area contributed by atoms with Crippen LogP contribution in [0, 0.1) is 56.2 Å². The van der Waals surface area contributed by atoms with Crippen LogP contribution < -0.4 is 0 Å². The average molecular weight is 1020 g/mol. The fourth-order valence-electron chi connectivity index (χ4n) is 11.6. The van der Waals surface area contributed by atoms with Crippen LogP contribution in [0.3, 0.4) is 0 Å². The van der Waals surface area contributed by atoms with E-state index < -0.39 is 0 Å². The molecule has 7 nitrogen and oxygen atoms in total. The first-order chi connectivity index (χ1) is 39.2. The van der Waals surface area contributed by atoms with Crippen LogP contribution >= 0.6 is 0 Å². The topological polar surface area (TPSA) is 70.5 Å². The maximum Gasteiger partial charge on any atom is 0.188 e. The molecule has 0 N–H and O–H groups in total. The van der Waals surface area contributed by atoms with Crippen molar-refractivity contribution >= 4 is 60.7 Å². The monoisotopic (exact) mass is 1020 g/mol. The molecule has 7 heteroatoms. The Labute approximate surface area is 463 Å². The molecule has 11 aromatic carbocycles. The van der Waals surface area contributed by atoms with Gasteiger partial charge in [0.25, 0.3) is 0 Å². The van der Waals surface area contributed by atoms with Crippen LogP contribution in [0.1, 0.15) is 22.3 Å². The molecule has 13 aromatic rings. The third-order valence-corrected chi connectivity index (χ3v) is 15.5. The van der Waals surface area contributed by atoms with Crippen molar-refractivity contribution in [3.05, 3.63) is 281 Å². The lowest BCUT2D eigenvalue weighted by Gasteiger charge is -2.21. The van der Waals surface area contributed by atoms with Crippen LogP contribution in [-0.4, -0.2) is 9.13 Å². The van der Waals surface area contributed by atoms with E-state index in [1.807, 2.05) is 109 Å². The maximum atomic E-state index is 9.64. The number of rotatable bonds is 8. The number of aryl methyl sites for hydroxylation is 2. The molecule has 0 aliphatic rings. The summed E-state index contributed by atoms with van der Waals surface area (Å²) in [7, 11) is 0. The molecule has 0 amide bonds. The maximum absolute atomic E-state index is 9.64. The van der Waals surface area contributed by atoms with E-state index >= 15 is 0 Å². The Balaban J connectivity index is 1.10. The van der Waals surface area contributed by atoms with E-state index in [-0.39, 0.29) is 0 Å². The lowest BCUT2D eigenvalue weighted by atomic mass is 9.91. The van der Waals surface area contributed by atoms with Gasteiger partial charge in [-0.15, -0.1) is 0 Å². The largest absolute Gasteiger partial charge is 0.309 e. The molecule has 0 saturated heterocycles. The zero-order valence-corrected chi connectivity index (χ0v) is 43.5. The minimum atomic E-state index is 0.504. The molecule has 13 rings (SSSR count). The highest BCUT2D eigenvalue weighted by Crippen LogP contribution is 2.46. The highest BCUT2D eigenvalue weighted by atomic mass is 15.0. The molecule has 0 unspecified atom stereocenters. The Morgan fingerprint density at radius 1 is 0.325 bits per heavy atom. The molecular weight excluding hydrogens is 975 g/mol. The normalized spacial score (nSPS) is 11.1. The van der Waals surface area contributed by atoms with Gasteiger partial charge in [-0.3, -0.25) is 0 Å². The van der Waals surface area contributed by atoms with Gasteiger partial charge in [-0.2, -0.15) is 10.5 Å². The van der Waals surface area contributed by atoms with Gasteiger partial charge in [-0.1, -0.05) is 127 Å². The second-order valence-electron chi connectivity index (χ2n) is 20.1. The van der Waals surface area contributed by atoms with Gasteiger partial charge in [0, 0.05) is 27.1 Å². The van der Waals surface area contributed by atoms with Crippen LogP contribution in [0.5, 0.6) is 0 Å². The predicted octanol–water partition coefficient (Wildman–Crippen LogP) is 19.9. The van der Waals surface area contributed by atoms with E-state index in [0.717, 1.165) is 133 Å². The van der Waals surface area contributed by atoms with Crippen molar-refractivity contribution in [3.63, 3.8) is 0 Å². The molecular formula is C73H43N7. The van der Waals surface area contributed by atoms with Crippen LogP contribution in [0.15, 0.2) is 224 Å². The summed E-state index contributed by atoms with van der Waals surface area (Å²) in [6, 6.07) is 80.8. The summed E-state index contributed by atoms with van der Waals surface area (Å²) in [4.78, 5) is 11.4. The molecule has 2 aromatic heterocycles. The zero-order valence-electron chi connectivity index (χ0n) is 43.5. The van der Waals surface area contributed by atoms with Gasteiger partial charge in [-0.25, -0.2) is 14.5 Å². The molecule has 0 aliphatic heterocycles. The Bertz CT molecular complexity index is 4670. The van der Waals surface area contributed by atoms with Crippen LogP contribution in [0.4, 0.5) is 17.1 Å². The molecule has 0 fully saturated rings. The third kappa shape index (κ3) is 8.19. The Morgan fingerprint density at radius 2 is 0.637 bits per heavy atom. The van der Waals surface area contributed by atoms with Gasteiger partial charge in [0.1, 0.15) is 0 Å². The van der Waals surface area contributed by atoms with E-state index in [4.69, 9.17) is 19.7 Å². The van der Waals surface area contributed by atoms with Gasteiger partial charge in [0.2, 0.25) is 0 Å². The van der Waals surface area contributed by atoms with Crippen molar-refractivity contribution in [1.82, 2.24) is 9.13 Å². The van der Waals surface area contributed by atoms with Crippen molar-refractivity contribution in [1.29, 1.82) is 10.5 Å². The van der Waals surface area contributed by atoms with Crippen LogP contribution in [0.2, 0.25) is 0 Å². The molecule has 370 valence electrons. The lowest BCUT2D eigenvalue weighted by Crippen LogP contribution is -2.02. The van der Waals surface area contributed by atoms with Gasteiger partial charge in [0.05, 0.1) is 76.4 Å². The lowest BCUT2D eigenvalue weighted by molar-refractivity contribution is 1.16. The molecule has 0 atom stereocenters. The Kier molecular flexibility index (Phi) is 11.8. The summed E-state index contributed by atoms with van der Waals surface area (Å²) < 4.78 is 4.69. The van der Waals surface area contributed by atoms with E-state index in [2.05, 4.69) is 165 Å². The summed E-state index contributed by atoms with van der Waals surface area (Å²) in [5.41, 5.74) is 23.0. The van der Waals surface area contributed by atoms with Crippen molar-refractivity contribution < 1.29 is 0 Å². The first kappa shape index (κ1) is 48.1. The van der Waals surface area contributed by atoms with Crippen LogP contribution in [0.25, 0.3) is 136 Å². The zero-order chi connectivity index (χ0) is 54.6. The second kappa shape index (κ2) is 19.6. The number of hydrogen-bond donors (Lipinski definition) is 0. The second-order valence-corrected chi connectivity index (χ2v) is 20.1. The number of nitrogens with zero attached hydrogens (tertiary/aromatic N) is 7. The summed E-state index contributed by atoms with van der Waals surface area (Å²) in [6.45, 7) is 28.0. The standard InChI is InChI=1S/C73H43N7/c1-45-7-6-8-46(2)73(45)57-25-35-71(79-67-33-23-55(51-17-26-58(76-3)27-18-51)39-63(67)64-40-56(24-34-68(64)79)52-19-28-59(77-4)29-20-52)65(41-57)66-42-60(78-5)30-36-72(66)80-69-31-21-53(49-13-9-47(43-74)10-14-49)37-61(69)62-38-54(22-32-70(62)80)50-15-11-48(44-75)12-16-50/h6-42H,1-2H3. The SMILES string of the molecule is [C-]#[N+]c1ccc(-c2ccc3c(c2)c2cc(-c4ccc([N+]#[C-])cc4)ccc2n3-c2ccc(-c3c(C)cccc3C)cc2-c2cc([N+]#[C-])ccc2-n2c3ccc(-c4ccc(C#N)cc4)cc3c3cc(-c4ccc(C#N)cc4)ccc32)cc1. The van der Waals surface area contributed by atoms with Crippen molar-refractivity contribution in [2.45, 2.75) is 13.8 Å². The molecule has 0 bridgehead atoms. The van der Waals surface area contributed by atoms with Gasteiger partial charge >= 0.3 is 0 Å². The fourth-order valence-corrected chi connectivity index (χ4v) is 11.6. The summed E-state index contributed by atoms with van der Waals surface area (Å²) in [6.07, 6.45) is 0. The molecule has 0 spiro atoms. The summed E-state index contributed by atoms with van der Waals surface area (Å²) in [5, 5.41) is 23.4. The highest BCUT2D eigenvalue weighted by molar-refractivity contribution is 6.14. The number of nitriles is 2. The quantitative estimate of drug-likeness (QED) is 0.142. The minimum absolute atomic E-state index is 0.504. The molecule has 0 saturated carbocycles. The van der Waals surface area contributed by atoms with Crippen molar-refractivity contribution in [2.75, 3.05) is 0 Å². The van der Waals surface area contributed by atoms with Crippen molar-refractivity contribution in [2.24, 2.45) is 0 Å². The van der Waals surface area contributed by atoms with E-state index in [9.17, 15) is 10.5 Å². The fraction of sp³-hybridized carbons (Fsp3) is 0.0274. The van der Waals surface area contributed by atoms with Gasteiger partial charge in [-0.05, 0) is 183 Å². The number of fused-ring (bicyclic) bond motifs is 6. The molecule has 0 aliphatic carbocycles. The molecule has 2 heterocycles. The molecule has 80 heavy (non-hydrogen) atoms. The number of hydrogen-bond acceptors (Lipinski definition) is 2. The third-order valence-electron chi connectivity index (χ3n) is 15.5. The smallest absolute Gasteiger partial charge is 0.188 e. The highest BCUT2D eigenvalue weighted by Gasteiger charge is 2.24. The summed E-state index contributed by atoms with van der Waals surface area (Å²) >= 11 is 0. The number of benzene rings is 11.